The van der Waals surface area contributed by atoms with Gasteiger partial charge in [-0.1, -0.05) is 23.8 Å². The van der Waals surface area contributed by atoms with E-state index in [2.05, 4.69) is 63.6 Å². The van der Waals surface area contributed by atoms with Gasteiger partial charge in [0.15, 0.2) is 17.2 Å². The number of halogens is 1. The average Bonchev–Trinajstić information content (AvgIpc) is 3.59. The summed E-state index contributed by atoms with van der Waals surface area (Å²) in [7, 11) is 2.15. The van der Waals surface area contributed by atoms with Crippen LogP contribution in [-0.2, 0) is 4.74 Å². The number of benzene rings is 1. The number of nitrogens with one attached hydrogen (secondary N) is 2. The van der Waals surface area contributed by atoms with Crippen LogP contribution in [0.1, 0.15) is 23.7 Å². The van der Waals surface area contributed by atoms with E-state index in [-0.39, 0.29) is 12.4 Å². The molecular weight excluding hydrogens is 466 g/mol. The Balaban J connectivity index is 0.00000253. The number of furan rings is 1. The number of morpholine rings is 1. The number of likely N-dealkylation sites (N-methyl/N-ethyl adjacent to an activating group) is 1. The lowest BCUT2D eigenvalue weighted by atomic mass is 10.1. The lowest BCUT2D eigenvalue weighted by Crippen LogP contribution is -2.37. The summed E-state index contributed by atoms with van der Waals surface area (Å²) in [6.45, 7) is 7.06. The first-order valence-corrected chi connectivity index (χ1v) is 11.8. The van der Waals surface area contributed by atoms with Crippen LogP contribution < -0.4 is 10.2 Å². The largest absolute Gasteiger partial charge is 0.455 e. The average molecular weight is 496 g/mol. The van der Waals surface area contributed by atoms with Crippen molar-refractivity contribution < 1.29 is 9.15 Å². The number of H-pyrrole nitrogens is 1. The third-order valence-corrected chi connectivity index (χ3v) is 6.62. The molecular formula is C25H30ClN7O2. The van der Waals surface area contributed by atoms with Gasteiger partial charge in [0, 0.05) is 37.7 Å². The van der Waals surface area contributed by atoms with E-state index in [1.807, 2.05) is 12.1 Å². The third kappa shape index (κ3) is 4.84. The highest BCUT2D eigenvalue weighted by atomic mass is 35.5. The molecule has 4 aromatic rings. The van der Waals surface area contributed by atoms with Gasteiger partial charge in [0.05, 0.1) is 18.9 Å². The molecule has 1 unspecified atom stereocenters. The van der Waals surface area contributed by atoms with Crippen molar-refractivity contribution in [1.29, 1.82) is 0 Å². The fourth-order valence-electron chi connectivity index (χ4n) is 4.81. The molecule has 0 saturated carbocycles. The van der Waals surface area contributed by atoms with Gasteiger partial charge < -0.3 is 24.3 Å². The molecule has 2 aliphatic rings. The van der Waals surface area contributed by atoms with Crippen molar-refractivity contribution in [3.63, 3.8) is 0 Å². The van der Waals surface area contributed by atoms with Crippen LogP contribution in [0, 0.1) is 6.92 Å². The number of rotatable bonds is 5. The maximum Gasteiger partial charge on any atom is 0.231 e. The fourth-order valence-corrected chi connectivity index (χ4v) is 4.81. The van der Waals surface area contributed by atoms with Gasteiger partial charge in [-0.05, 0) is 38.6 Å². The molecule has 0 aliphatic carbocycles. The van der Waals surface area contributed by atoms with Gasteiger partial charge in [0.25, 0.3) is 0 Å². The Morgan fingerprint density at radius 1 is 1.09 bits per heavy atom. The smallest absolute Gasteiger partial charge is 0.231 e. The lowest BCUT2D eigenvalue weighted by Gasteiger charge is -2.27. The van der Waals surface area contributed by atoms with E-state index >= 15 is 0 Å². The molecule has 0 amide bonds. The minimum atomic E-state index is 0. The molecule has 1 atom stereocenters. The van der Waals surface area contributed by atoms with Crippen LogP contribution in [0.25, 0.3) is 22.4 Å². The highest BCUT2D eigenvalue weighted by Gasteiger charge is 2.27. The molecule has 35 heavy (non-hydrogen) atoms. The van der Waals surface area contributed by atoms with Gasteiger partial charge in [0.1, 0.15) is 11.3 Å². The highest BCUT2D eigenvalue weighted by Crippen LogP contribution is 2.35. The molecule has 6 rings (SSSR count). The van der Waals surface area contributed by atoms with Gasteiger partial charge in [-0.3, -0.25) is 5.10 Å². The Morgan fingerprint density at radius 2 is 1.94 bits per heavy atom. The van der Waals surface area contributed by atoms with E-state index < -0.39 is 0 Å². The van der Waals surface area contributed by atoms with Crippen molar-refractivity contribution in [2.24, 2.45) is 0 Å². The Labute approximate surface area is 210 Å². The van der Waals surface area contributed by atoms with E-state index in [9.17, 15) is 0 Å². The van der Waals surface area contributed by atoms with E-state index in [1.54, 1.807) is 0 Å². The number of anilines is 3. The number of ether oxygens (including phenoxy) is 1. The SMILES string of the molecule is Cc1cccc(-c2cc(Nc3nc(N4CCOCC4)c4oc(C5CCN(C)C5)cc4n3)n[nH]2)c1.Cl. The number of hydrogen-bond acceptors (Lipinski definition) is 8. The van der Waals surface area contributed by atoms with Gasteiger partial charge in [-0.2, -0.15) is 10.1 Å². The zero-order chi connectivity index (χ0) is 23.1. The summed E-state index contributed by atoms with van der Waals surface area (Å²) < 4.78 is 11.9. The fraction of sp³-hybridized carbons (Fsp3) is 0.400. The van der Waals surface area contributed by atoms with Crippen molar-refractivity contribution >= 4 is 41.1 Å². The molecule has 5 heterocycles. The number of aromatic amines is 1. The lowest BCUT2D eigenvalue weighted by molar-refractivity contribution is 0.122. The Bertz CT molecular complexity index is 1310. The van der Waals surface area contributed by atoms with Crippen LogP contribution in [0.2, 0.25) is 0 Å². The minimum absolute atomic E-state index is 0. The van der Waals surface area contributed by atoms with Crippen LogP contribution in [0.5, 0.6) is 0 Å². The van der Waals surface area contributed by atoms with E-state index in [4.69, 9.17) is 19.1 Å². The zero-order valence-corrected chi connectivity index (χ0v) is 20.8. The maximum atomic E-state index is 6.38. The van der Waals surface area contributed by atoms with Crippen molar-refractivity contribution in [3.8, 4) is 11.3 Å². The predicted octanol–water partition coefficient (Wildman–Crippen LogP) is 4.34. The normalized spacial score (nSPS) is 18.7. The first kappa shape index (κ1) is 23.6. The number of fused-ring (bicyclic) bond motifs is 1. The molecule has 184 valence electrons. The molecule has 3 aromatic heterocycles. The van der Waals surface area contributed by atoms with Gasteiger partial charge in [0.2, 0.25) is 5.95 Å². The van der Waals surface area contributed by atoms with Crippen molar-refractivity contribution in [2.75, 3.05) is 56.7 Å². The maximum absolute atomic E-state index is 6.38. The first-order valence-electron chi connectivity index (χ1n) is 11.8. The summed E-state index contributed by atoms with van der Waals surface area (Å²) in [5.74, 6) is 3.36. The summed E-state index contributed by atoms with van der Waals surface area (Å²) in [5.41, 5.74) is 4.80. The summed E-state index contributed by atoms with van der Waals surface area (Å²) >= 11 is 0. The molecule has 1 aromatic carbocycles. The number of hydrogen-bond donors (Lipinski definition) is 2. The monoisotopic (exact) mass is 495 g/mol. The molecule has 9 nitrogen and oxygen atoms in total. The second kappa shape index (κ2) is 9.85. The molecule has 0 radical (unpaired) electrons. The summed E-state index contributed by atoms with van der Waals surface area (Å²) in [6.07, 6.45) is 1.09. The molecule has 2 aliphatic heterocycles. The van der Waals surface area contributed by atoms with E-state index in [0.717, 1.165) is 66.5 Å². The van der Waals surface area contributed by atoms with E-state index in [1.165, 1.54) is 5.56 Å². The minimum Gasteiger partial charge on any atom is -0.455 e. The molecule has 2 saturated heterocycles. The zero-order valence-electron chi connectivity index (χ0n) is 20.0. The van der Waals surface area contributed by atoms with Crippen LogP contribution in [0.3, 0.4) is 0 Å². The topological polar surface area (TPSA) is 95.3 Å². The molecule has 0 bridgehead atoms. The number of nitrogens with zero attached hydrogens (tertiary/aromatic N) is 5. The number of aromatic nitrogens is 4. The Hall–Kier alpha value is -3.14. The van der Waals surface area contributed by atoms with Gasteiger partial charge >= 0.3 is 0 Å². The summed E-state index contributed by atoms with van der Waals surface area (Å²) in [4.78, 5) is 14.2. The molecule has 2 N–H and O–H groups in total. The van der Waals surface area contributed by atoms with Crippen LogP contribution in [-0.4, -0.2) is 71.5 Å². The second-order valence-corrected chi connectivity index (χ2v) is 9.24. The van der Waals surface area contributed by atoms with Crippen LogP contribution in [0.4, 0.5) is 17.6 Å². The number of likely N-dealkylation sites (tertiary alicyclic amines) is 1. The Kier molecular flexibility index (Phi) is 6.64. The second-order valence-electron chi connectivity index (χ2n) is 9.24. The standard InChI is InChI=1S/C25H29N7O2.ClH/c1-16-4-3-5-17(12-16)19-14-22(30-29-19)27-25-26-20-13-21(18-6-7-31(2)15-18)34-23(20)24(28-25)32-8-10-33-11-9-32;/h3-5,12-14,18H,6-11,15H2,1-2H3,(H2,26,27,28,29,30);1H. The first-order chi connectivity index (χ1) is 16.6. The molecule has 0 spiro atoms. The van der Waals surface area contributed by atoms with Crippen LogP contribution >= 0.6 is 12.4 Å². The Morgan fingerprint density at radius 3 is 2.71 bits per heavy atom. The van der Waals surface area contributed by atoms with Crippen molar-refractivity contribution in [1.82, 2.24) is 25.1 Å². The summed E-state index contributed by atoms with van der Waals surface area (Å²) in [5, 5.41) is 10.8. The summed E-state index contributed by atoms with van der Waals surface area (Å²) in [6, 6.07) is 12.4. The molecule has 10 heteroatoms. The van der Waals surface area contributed by atoms with Crippen LogP contribution in [0.15, 0.2) is 40.8 Å². The molecule has 2 fully saturated rings. The van der Waals surface area contributed by atoms with Gasteiger partial charge in [-0.15, -0.1) is 12.4 Å². The van der Waals surface area contributed by atoms with E-state index in [0.29, 0.717) is 30.9 Å². The third-order valence-electron chi connectivity index (χ3n) is 6.62. The van der Waals surface area contributed by atoms with Crippen molar-refractivity contribution in [3.05, 3.63) is 47.7 Å². The quantitative estimate of drug-likeness (QED) is 0.422. The highest BCUT2D eigenvalue weighted by molar-refractivity contribution is 5.86. The number of aryl methyl sites for hydroxylation is 1. The predicted molar refractivity (Wildman–Crippen MR) is 139 cm³/mol. The van der Waals surface area contributed by atoms with Gasteiger partial charge in [-0.25, -0.2) is 4.98 Å². The van der Waals surface area contributed by atoms with Crippen molar-refractivity contribution in [2.45, 2.75) is 19.3 Å².